The normalized spacial score (nSPS) is 16.0. The summed E-state index contributed by atoms with van der Waals surface area (Å²) in [5, 5.41) is 2.61. The van der Waals surface area contributed by atoms with Gasteiger partial charge in [0.1, 0.15) is 0 Å². The van der Waals surface area contributed by atoms with Crippen LogP contribution in [-0.4, -0.2) is 58.0 Å². The predicted octanol–water partition coefficient (Wildman–Crippen LogP) is 2.82. The van der Waals surface area contributed by atoms with Crippen molar-refractivity contribution in [2.24, 2.45) is 0 Å². The third-order valence-electron chi connectivity index (χ3n) is 5.42. The van der Waals surface area contributed by atoms with Crippen LogP contribution in [0.4, 0.5) is 5.69 Å². The molecule has 174 valence electrons. The zero-order chi connectivity index (χ0) is 23.4. The van der Waals surface area contributed by atoms with Crippen molar-refractivity contribution < 1.29 is 21.6 Å². The van der Waals surface area contributed by atoms with Gasteiger partial charge in [-0.2, -0.15) is 8.61 Å². The van der Waals surface area contributed by atoms with Crippen molar-refractivity contribution in [3.8, 4) is 0 Å². The number of nitrogens with one attached hydrogen (secondary N) is 1. The number of carbonyl (C=O) groups excluding carboxylic acids is 1. The lowest BCUT2D eigenvalue weighted by atomic mass is 10.2. The Morgan fingerprint density at radius 1 is 0.938 bits per heavy atom. The average molecular weight is 480 g/mol. The first-order valence-electron chi connectivity index (χ1n) is 10.5. The molecule has 0 aromatic heterocycles. The van der Waals surface area contributed by atoms with Gasteiger partial charge in [-0.1, -0.05) is 36.6 Å². The lowest BCUT2D eigenvalue weighted by Crippen LogP contribution is -2.35. The molecule has 1 amide bonds. The number of aryl methyl sites for hydroxylation is 1. The van der Waals surface area contributed by atoms with E-state index < -0.39 is 32.5 Å². The summed E-state index contributed by atoms with van der Waals surface area (Å²) < 4.78 is 53.8. The monoisotopic (exact) mass is 479 g/mol. The molecule has 2 aromatic carbocycles. The molecule has 0 aliphatic carbocycles. The van der Waals surface area contributed by atoms with Crippen LogP contribution in [-0.2, 0) is 24.8 Å². The number of carbonyl (C=O) groups is 1. The molecule has 0 bridgehead atoms. The van der Waals surface area contributed by atoms with Crippen molar-refractivity contribution in [1.29, 1.82) is 0 Å². The third-order valence-corrected chi connectivity index (χ3v) is 9.13. The van der Waals surface area contributed by atoms with Gasteiger partial charge in [0.25, 0.3) is 0 Å². The summed E-state index contributed by atoms with van der Waals surface area (Å²) in [6, 6.07) is 12.4. The first-order valence-corrected chi connectivity index (χ1v) is 13.4. The summed E-state index contributed by atoms with van der Waals surface area (Å²) in [5.74, 6) is -0.562. The number of amides is 1. The predicted molar refractivity (Wildman–Crippen MR) is 123 cm³/mol. The van der Waals surface area contributed by atoms with Gasteiger partial charge in [0.15, 0.2) is 0 Å². The molecule has 1 fully saturated rings. The number of nitrogens with zero attached hydrogens (tertiary/aromatic N) is 2. The summed E-state index contributed by atoms with van der Waals surface area (Å²) in [6.07, 6.45) is 3.69. The Morgan fingerprint density at radius 3 is 2.19 bits per heavy atom. The minimum Gasteiger partial charge on any atom is -0.325 e. The Balaban J connectivity index is 1.69. The van der Waals surface area contributed by atoms with Gasteiger partial charge in [0, 0.05) is 25.8 Å². The van der Waals surface area contributed by atoms with Crippen LogP contribution in [0.25, 0.3) is 0 Å². The Kier molecular flexibility index (Phi) is 7.71. The largest absolute Gasteiger partial charge is 0.325 e. The highest BCUT2D eigenvalue weighted by atomic mass is 32.2. The lowest BCUT2D eigenvalue weighted by Gasteiger charge is -2.20. The molecule has 8 nitrogen and oxygen atoms in total. The molecule has 1 heterocycles. The quantitative estimate of drug-likeness (QED) is 0.658. The van der Waals surface area contributed by atoms with E-state index in [9.17, 15) is 21.6 Å². The van der Waals surface area contributed by atoms with E-state index in [1.54, 1.807) is 24.3 Å². The van der Waals surface area contributed by atoms with E-state index in [1.165, 1.54) is 35.6 Å². The van der Waals surface area contributed by atoms with E-state index >= 15 is 0 Å². The van der Waals surface area contributed by atoms with Crippen LogP contribution in [0, 0.1) is 6.92 Å². The second kappa shape index (κ2) is 10.1. The lowest BCUT2D eigenvalue weighted by molar-refractivity contribution is -0.116. The van der Waals surface area contributed by atoms with Crippen LogP contribution >= 0.6 is 0 Å². The van der Waals surface area contributed by atoms with Crippen molar-refractivity contribution in [3.63, 3.8) is 0 Å². The summed E-state index contributed by atoms with van der Waals surface area (Å²) >= 11 is 0. The van der Waals surface area contributed by atoms with Gasteiger partial charge in [-0.15, -0.1) is 0 Å². The second-order valence-corrected chi connectivity index (χ2v) is 12.0. The molecule has 1 aliphatic heterocycles. The molecule has 0 radical (unpaired) electrons. The molecule has 1 aliphatic rings. The first-order chi connectivity index (χ1) is 15.1. The maximum atomic E-state index is 13.0. The van der Waals surface area contributed by atoms with Gasteiger partial charge in [0.05, 0.1) is 16.3 Å². The van der Waals surface area contributed by atoms with E-state index in [4.69, 9.17) is 0 Å². The molecule has 3 rings (SSSR count). The first kappa shape index (κ1) is 24.4. The van der Waals surface area contributed by atoms with Crippen molar-refractivity contribution in [2.45, 2.75) is 42.4 Å². The SMILES string of the molecule is Cc1ccc(S(=O)(=O)N(C)CC(=O)Nc2cccc(S(=O)(=O)N3CCCCCC3)c2)cc1. The molecule has 0 spiro atoms. The molecule has 32 heavy (non-hydrogen) atoms. The minimum atomic E-state index is -3.82. The van der Waals surface area contributed by atoms with Gasteiger partial charge in [-0.05, 0) is 50.1 Å². The fourth-order valence-electron chi connectivity index (χ4n) is 3.54. The second-order valence-electron chi connectivity index (χ2n) is 7.97. The summed E-state index contributed by atoms with van der Waals surface area (Å²) in [4.78, 5) is 12.7. The maximum Gasteiger partial charge on any atom is 0.243 e. The number of benzene rings is 2. The van der Waals surface area contributed by atoms with Gasteiger partial charge < -0.3 is 5.32 Å². The number of likely N-dealkylation sites (N-methyl/N-ethyl adjacent to an activating group) is 1. The standard InChI is InChI=1S/C22H29N3O5S2/c1-18-10-12-20(13-11-18)31(27,28)24(2)17-22(26)23-19-8-7-9-21(16-19)32(29,30)25-14-5-3-4-6-15-25/h7-13,16H,3-6,14-15,17H2,1-2H3,(H,23,26). The minimum absolute atomic E-state index is 0.101. The highest BCUT2D eigenvalue weighted by Crippen LogP contribution is 2.23. The highest BCUT2D eigenvalue weighted by molar-refractivity contribution is 7.89. The van der Waals surface area contributed by atoms with Crippen LogP contribution in [0.1, 0.15) is 31.2 Å². The van der Waals surface area contributed by atoms with Gasteiger partial charge in [-0.25, -0.2) is 16.8 Å². The molecular weight excluding hydrogens is 450 g/mol. The fraction of sp³-hybridized carbons (Fsp3) is 0.409. The summed E-state index contributed by atoms with van der Waals surface area (Å²) in [5.41, 5.74) is 1.23. The number of rotatable bonds is 7. The number of hydrogen-bond donors (Lipinski definition) is 1. The Bertz CT molecular complexity index is 1150. The van der Waals surface area contributed by atoms with Crippen LogP contribution in [0.3, 0.4) is 0 Å². The summed E-state index contributed by atoms with van der Waals surface area (Å²) in [7, 11) is -6.15. The van der Waals surface area contributed by atoms with E-state index in [1.807, 2.05) is 6.92 Å². The Hall–Kier alpha value is -2.27. The third kappa shape index (κ3) is 5.74. The Labute approximate surface area is 190 Å². The molecule has 0 saturated carbocycles. The van der Waals surface area contributed by atoms with Crippen LogP contribution < -0.4 is 5.32 Å². The van der Waals surface area contributed by atoms with Gasteiger partial charge in [-0.3, -0.25) is 4.79 Å². The van der Waals surface area contributed by atoms with Crippen molar-refractivity contribution in [2.75, 3.05) is 32.0 Å². The number of sulfonamides is 2. The average Bonchev–Trinajstić information content (AvgIpc) is 3.04. The van der Waals surface area contributed by atoms with Crippen LogP contribution in [0.2, 0.25) is 0 Å². The zero-order valence-corrected chi connectivity index (χ0v) is 20.0. The van der Waals surface area contributed by atoms with Crippen LogP contribution in [0.5, 0.6) is 0 Å². The molecule has 1 N–H and O–H groups in total. The Morgan fingerprint density at radius 2 is 1.56 bits per heavy atom. The van der Waals surface area contributed by atoms with Gasteiger partial charge in [0.2, 0.25) is 26.0 Å². The van der Waals surface area contributed by atoms with E-state index in [0.717, 1.165) is 35.6 Å². The smallest absolute Gasteiger partial charge is 0.243 e. The molecule has 0 atom stereocenters. The van der Waals surface area contributed by atoms with E-state index in [2.05, 4.69) is 5.32 Å². The van der Waals surface area contributed by atoms with Gasteiger partial charge >= 0.3 is 0 Å². The number of anilines is 1. The molecule has 1 saturated heterocycles. The molecule has 2 aromatic rings. The molecule has 0 unspecified atom stereocenters. The zero-order valence-electron chi connectivity index (χ0n) is 18.3. The molecule has 10 heteroatoms. The van der Waals surface area contributed by atoms with Crippen molar-refractivity contribution >= 4 is 31.6 Å². The van der Waals surface area contributed by atoms with E-state index in [0.29, 0.717) is 18.8 Å². The number of hydrogen-bond acceptors (Lipinski definition) is 5. The molecular formula is C22H29N3O5S2. The van der Waals surface area contributed by atoms with E-state index in [-0.39, 0.29) is 9.79 Å². The van der Waals surface area contributed by atoms with Crippen LogP contribution in [0.15, 0.2) is 58.3 Å². The summed E-state index contributed by atoms with van der Waals surface area (Å²) in [6.45, 7) is 2.43. The van der Waals surface area contributed by atoms with Crippen molar-refractivity contribution in [3.05, 3.63) is 54.1 Å². The highest BCUT2D eigenvalue weighted by Gasteiger charge is 2.26. The van der Waals surface area contributed by atoms with Crippen molar-refractivity contribution in [1.82, 2.24) is 8.61 Å². The topological polar surface area (TPSA) is 104 Å². The maximum absolute atomic E-state index is 13.0. The fourth-order valence-corrected chi connectivity index (χ4v) is 6.23.